The standard InChI is InChI=1S/C14H19F3N2O/c1-18-9-5-8-13(20)19-12(14(15,16)17)10-11-6-3-2-4-7-11/h2-4,6-7,12,18H,5,8-10H2,1H3,(H,19,20). The van der Waals surface area contributed by atoms with Gasteiger partial charge in [-0.25, -0.2) is 0 Å². The summed E-state index contributed by atoms with van der Waals surface area (Å²) in [7, 11) is 1.73. The Morgan fingerprint density at radius 2 is 1.90 bits per heavy atom. The summed E-state index contributed by atoms with van der Waals surface area (Å²) in [5.74, 6) is -0.571. The van der Waals surface area contributed by atoms with Crippen LogP contribution in [0.2, 0.25) is 0 Å². The molecule has 3 nitrogen and oxygen atoms in total. The Hall–Kier alpha value is -1.56. The highest BCUT2D eigenvalue weighted by Crippen LogP contribution is 2.23. The van der Waals surface area contributed by atoms with Crippen molar-refractivity contribution in [1.29, 1.82) is 0 Å². The van der Waals surface area contributed by atoms with E-state index in [-0.39, 0.29) is 12.8 Å². The van der Waals surface area contributed by atoms with Crippen molar-refractivity contribution < 1.29 is 18.0 Å². The first-order valence-corrected chi connectivity index (χ1v) is 6.48. The number of carbonyl (C=O) groups excluding carboxylic acids is 1. The quantitative estimate of drug-likeness (QED) is 0.756. The predicted molar refractivity (Wildman–Crippen MR) is 71.3 cm³/mol. The van der Waals surface area contributed by atoms with Crippen LogP contribution in [0.4, 0.5) is 13.2 Å². The maximum atomic E-state index is 12.9. The van der Waals surface area contributed by atoms with Crippen LogP contribution >= 0.6 is 0 Å². The highest BCUT2D eigenvalue weighted by molar-refractivity contribution is 5.76. The summed E-state index contributed by atoms with van der Waals surface area (Å²) in [6.07, 6.45) is -4.10. The Labute approximate surface area is 116 Å². The molecule has 0 aliphatic carbocycles. The number of hydrogen-bond donors (Lipinski definition) is 2. The van der Waals surface area contributed by atoms with Crippen molar-refractivity contribution >= 4 is 5.91 Å². The van der Waals surface area contributed by atoms with Crippen LogP contribution in [-0.4, -0.2) is 31.7 Å². The highest BCUT2D eigenvalue weighted by atomic mass is 19.4. The Morgan fingerprint density at radius 3 is 2.45 bits per heavy atom. The lowest BCUT2D eigenvalue weighted by atomic mass is 10.1. The number of halogens is 3. The molecular weight excluding hydrogens is 269 g/mol. The van der Waals surface area contributed by atoms with Crippen molar-refractivity contribution in [1.82, 2.24) is 10.6 Å². The van der Waals surface area contributed by atoms with Gasteiger partial charge in [-0.2, -0.15) is 13.2 Å². The SMILES string of the molecule is CNCCCC(=O)NC(Cc1ccccc1)C(F)(F)F. The molecule has 1 amide bonds. The fourth-order valence-corrected chi connectivity index (χ4v) is 1.79. The third kappa shape index (κ3) is 6.06. The van der Waals surface area contributed by atoms with Crippen LogP contribution in [0.3, 0.4) is 0 Å². The zero-order valence-electron chi connectivity index (χ0n) is 11.3. The van der Waals surface area contributed by atoms with Crippen molar-refractivity contribution in [2.75, 3.05) is 13.6 Å². The Kier molecular flexibility index (Phi) is 6.51. The molecule has 1 aromatic rings. The van der Waals surface area contributed by atoms with E-state index in [1.54, 1.807) is 37.4 Å². The van der Waals surface area contributed by atoms with Crippen LogP contribution in [0.5, 0.6) is 0 Å². The molecule has 0 saturated heterocycles. The molecule has 1 aromatic carbocycles. The monoisotopic (exact) mass is 288 g/mol. The van der Waals surface area contributed by atoms with Crippen LogP contribution in [0.25, 0.3) is 0 Å². The number of hydrogen-bond acceptors (Lipinski definition) is 2. The van der Waals surface area contributed by atoms with Gasteiger partial charge in [0.05, 0.1) is 0 Å². The van der Waals surface area contributed by atoms with Gasteiger partial charge in [0.15, 0.2) is 0 Å². The van der Waals surface area contributed by atoms with Crippen molar-refractivity contribution in [3.05, 3.63) is 35.9 Å². The molecule has 1 atom stereocenters. The van der Waals surface area contributed by atoms with E-state index in [1.165, 1.54) is 0 Å². The van der Waals surface area contributed by atoms with Gasteiger partial charge in [-0.15, -0.1) is 0 Å². The van der Waals surface area contributed by atoms with Crippen molar-refractivity contribution in [3.63, 3.8) is 0 Å². The lowest BCUT2D eigenvalue weighted by Crippen LogP contribution is -2.46. The molecule has 0 spiro atoms. The first-order chi connectivity index (χ1) is 9.43. The van der Waals surface area contributed by atoms with Crippen molar-refractivity contribution in [2.45, 2.75) is 31.5 Å². The summed E-state index contributed by atoms with van der Waals surface area (Å²) in [6, 6.07) is 6.49. The predicted octanol–water partition coefficient (Wildman–Crippen LogP) is 2.28. The highest BCUT2D eigenvalue weighted by Gasteiger charge is 2.40. The molecule has 0 radical (unpaired) electrons. The second-order valence-electron chi connectivity index (χ2n) is 4.56. The molecule has 0 heterocycles. The van der Waals surface area contributed by atoms with Crippen LogP contribution in [0.1, 0.15) is 18.4 Å². The lowest BCUT2D eigenvalue weighted by Gasteiger charge is -2.21. The Bertz CT molecular complexity index is 407. The van der Waals surface area contributed by atoms with Gasteiger partial charge in [-0.05, 0) is 25.6 Å². The topological polar surface area (TPSA) is 41.1 Å². The molecule has 1 unspecified atom stereocenters. The van der Waals surface area contributed by atoms with Gasteiger partial charge >= 0.3 is 6.18 Å². The number of alkyl halides is 3. The van der Waals surface area contributed by atoms with E-state index in [4.69, 9.17) is 0 Å². The van der Waals surface area contributed by atoms with E-state index in [2.05, 4.69) is 10.6 Å². The number of nitrogens with one attached hydrogen (secondary N) is 2. The summed E-state index contributed by atoms with van der Waals surface area (Å²) in [5, 5.41) is 4.92. The van der Waals surface area contributed by atoms with Crippen molar-refractivity contribution in [2.24, 2.45) is 0 Å². The maximum Gasteiger partial charge on any atom is 0.408 e. The van der Waals surface area contributed by atoms with Gasteiger partial charge in [0.25, 0.3) is 0 Å². The van der Waals surface area contributed by atoms with Gasteiger partial charge in [0, 0.05) is 12.8 Å². The van der Waals surface area contributed by atoms with Gasteiger partial charge in [0.2, 0.25) is 5.91 Å². The molecule has 0 aromatic heterocycles. The number of amides is 1. The fraction of sp³-hybridized carbons (Fsp3) is 0.500. The Morgan fingerprint density at radius 1 is 1.25 bits per heavy atom. The minimum atomic E-state index is -4.45. The first-order valence-electron chi connectivity index (χ1n) is 6.48. The molecule has 6 heteroatoms. The van der Waals surface area contributed by atoms with E-state index < -0.39 is 18.1 Å². The molecule has 0 aliphatic rings. The maximum absolute atomic E-state index is 12.9. The van der Waals surface area contributed by atoms with Gasteiger partial charge in [0.1, 0.15) is 6.04 Å². The number of carbonyl (C=O) groups is 1. The van der Waals surface area contributed by atoms with Crippen LogP contribution < -0.4 is 10.6 Å². The van der Waals surface area contributed by atoms with E-state index in [0.717, 1.165) is 0 Å². The molecule has 112 valence electrons. The molecule has 0 fully saturated rings. The largest absolute Gasteiger partial charge is 0.408 e. The van der Waals surface area contributed by atoms with E-state index >= 15 is 0 Å². The second-order valence-corrected chi connectivity index (χ2v) is 4.56. The zero-order valence-corrected chi connectivity index (χ0v) is 11.3. The summed E-state index contributed by atoms with van der Waals surface area (Å²) in [5.41, 5.74) is 0.547. The van der Waals surface area contributed by atoms with Crippen LogP contribution in [-0.2, 0) is 11.2 Å². The molecule has 0 saturated carbocycles. The third-order valence-corrected chi connectivity index (χ3v) is 2.84. The zero-order chi connectivity index (χ0) is 15.0. The van der Waals surface area contributed by atoms with Gasteiger partial charge in [-0.1, -0.05) is 30.3 Å². The normalized spacial score (nSPS) is 13.0. The van der Waals surface area contributed by atoms with Crippen molar-refractivity contribution in [3.8, 4) is 0 Å². The second kappa shape index (κ2) is 7.89. The van der Waals surface area contributed by atoms with Gasteiger partial charge < -0.3 is 10.6 Å². The van der Waals surface area contributed by atoms with E-state index in [9.17, 15) is 18.0 Å². The number of benzene rings is 1. The minimum Gasteiger partial charge on any atom is -0.344 e. The Balaban J connectivity index is 2.59. The molecular formula is C14H19F3N2O. The average Bonchev–Trinajstić information content (AvgIpc) is 2.38. The molecule has 2 N–H and O–H groups in total. The summed E-state index contributed by atoms with van der Waals surface area (Å²) in [4.78, 5) is 11.5. The molecule has 1 rings (SSSR count). The molecule has 0 aliphatic heterocycles. The summed E-state index contributed by atoms with van der Waals surface area (Å²) in [6.45, 7) is 0.600. The smallest absolute Gasteiger partial charge is 0.344 e. The van der Waals surface area contributed by atoms with Gasteiger partial charge in [-0.3, -0.25) is 4.79 Å². The van der Waals surface area contributed by atoms with E-state index in [0.29, 0.717) is 18.5 Å². The lowest BCUT2D eigenvalue weighted by molar-refractivity contribution is -0.161. The summed E-state index contributed by atoms with van der Waals surface area (Å²) >= 11 is 0. The number of rotatable bonds is 7. The summed E-state index contributed by atoms with van der Waals surface area (Å²) < 4.78 is 38.8. The molecule has 20 heavy (non-hydrogen) atoms. The van der Waals surface area contributed by atoms with Crippen LogP contribution in [0, 0.1) is 0 Å². The van der Waals surface area contributed by atoms with E-state index in [1.807, 2.05) is 0 Å². The van der Waals surface area contributed by atoms with Crippen LogP contribution in [0.15, 0.2) is 30.3 Å². The fourth-order valence-electron chi connectivity index (χ4n) is 1.79. The average molecular weight is 288 g/mol. The minimum absolute atomic E-state index is 0.0855. The first kappa shape index (κ1) is 16.5. The molecule has 0 bridgehead atoms. The third-order valence-electron chi connectivity index (χ3n) is 2.84.